The quantitative estimate of drug-likeness (QED) is 0.362. The Morgan fingerprint density at radius 3 is 2.45 bits per heavy atom. The van der Waals surface area contributed by atoms with E-state index in [1.165, 1.54) is 0 Å². The fourth-order valence-corrected chi connectivity index (χ4v) is 5.29. The van der Waals surface area contributed by atoms with Crippen LogP contribution in [0.3, 0.4) is 0 Å². The minimum Gasteiger partial charge on any atom is -0.385 e. The molecule has 2 amide bonds. The van der Waals surface area contributed by atoms with Gasteiger partial charge >= 0.3 is 0 Å². The summed E-state index contributed by atoms with van der Waals surface area (Å²) >= 11 is 0. The van der Waals surface area contributed by atoms with E-state index in [0.717, 1.165) is 65.9 Å². The van der Waals surface area contributed by atoms with E-state index in [4.69, 9.17) is 0 Å². The third-order valence-corrected chi connectivity index (χ3v) is 7.45. The number of hydrogen-bond acceptors (Lipinski definition) is 5. The number of benzene rings is 1. The van der Waals surface area contributed by atoms with Crippen LogP contribution in [0.2, 0.25) is 0 Å². The number of anilines is 1. The van der Waals surface area contributed by atoms with Crippen molar-refractivity contribution in [3.63, 3.8) is 0 Å². The summed E-state index contributed by atoms with van der Waals surface area (Å²) in [6.45, 7) is 8.18. The molecule has 0 unspecified atom stereocenters. The van der Waals surface area contributed by atoms with Crippen molar-refractivity contribution in [1.29, 1.82) is 0 Å². The average molecular weight is 519 g/mol. The Kier molecular flexibility index (Phi) is 8.34. The van der Waals surface area contributed by atoms with E-state index in [1.54, 1.807) is 17.8 Å². The van der Waals surface area contributed by atoms with Crippen molar-refractivity contribution in [3.05, 3.63) is 68.9 Å². The fraction of sp³-hybridized carbons (Fsp3) is 0.448. The monoisotopic (exact) mass is 518 g/mol. The smallest absolute Gasteiger partial charge is 0.253 e. The van der Waals surface area contributed by atoms with Gasteiger partial charge < -0.3 is 20.9 Å². The highest BCUT2D eigenvalue weighted by atomic mass is 16.2. The standard InChI is InChI=1S/C29H38N6O3/c1-17-10-18(2)33-29(38)26(17)15-31-28(37)25-11-22(23-14-32-35(5)16-23)12-27(19(25)3)30-13-21-6-8-24(9-7-21)34-20(4)36/h10-12,14,16,21,24,30H,6-9,13,15H2,1-5H3,(H,31,37)(H,33,38)(H,34,36). The Hall–Kier alpha value is -3.88. The van der Waals surface area contributed by atoms with Crippen molar-refractivity contribution in [3.8, 4) is 11.1 Å². The van der Waals surface area contributed by atoms with Crippen molar-refractivity contribution in [2.75, 3.05) is 11.9 Å². The molecule has 1 fully saturated rings. The number of nitrogens with zero attached hydrogens (tertiary/aromatic N) is 2. The molecule has 0 atom stereocenters. The summed E-state index contributed by atoms with van der Waals surface area (Å²) in [6.07, 6.45) is 7.75. The summed E-state index contributed by atoms with van der Waals surface area (Å²) in [7, 11) is 1.86. The van der Waals surface area contributed by atoms with E-state index in [1.807, 2.05) is 46.1 Å². The van der Waals surface area contributed by atoms with Crippen LogP contribution < -0.4 is 21.5 Å². The molecule has 9 nitrogen and oxygen atoms in total. The summed E-state index contributed by atoms with van der Waals surface area (Å²) in [5, 5.41) is 13.9. The lowest BCUT2D eigenvalue weighted by Crippen LogP contribution is -2.37. The Bertz CT molecular complexity index is 1380. The fourth-order valence-electron chi connectivity index (χ4n) is 5.29. The van der Waals surface area contributed by atoms with Gasteiger partial charge in [-0.15, -0.1) is 0 Å². The van der Waals surface area contributed by atoms with E-state index in [2.05, 4.69) is 32.1 Å². The van der Waals surface area contributed by atoms with Crippen LogP contribution in [0, 0.1) is 26.7 Å². The minimum atomic E-state index is -0.230. The predicted molar refractivity (Wildman–Crippen MR) is 149 cm³/mol. The molecule has 4 rings (SSSR count). The maximum absolute atomic E-state index is 13.4. The number of pyridine rings is 1. The van der Waals surface area contributed by atoms with Crippen molar-refractivity contribution >= 4 is 17.5 Å². The molecular formula is C29H38N6O3. The lowest BCUT2D eigenvalue weighted by atomic mass is 9.86. The van der Waals surface area contributed by atoms with Gasteiger partial charge in [-0.3, -0.25) is 19.1 Å². The summed E-state index contributed by atoms with van der Waals surface area (Å²) in [4.78, 5) is 40.0. The Labute approximate surface area is 223 Å². The van der Waals surface area contributed by atoms with Gasteiger partial charge in [0.2, 0.25) is 5.91 Å². The number of carbonyl (C=O) groups is 2. The van der Waals surface area contributed by atoms with Crippen LogP contribution in [0.4, 0.5) is 5.69 Å². The molecule has 0 spiro atoms. The summed E-state index contributed by atoms with van der Waals surface area (Å²) in [6, 6.07) is 6.13. The molecule has 2 aromatic heterocycles. The van der Waals surface area contributed by atoms with Gasteiger partial charge in [0, 0.05) is 67.4 Å². The van der Waals surface area contributed by atoms with Crippen molar-refractivity contribution in [1.82, 2.24) is 25.4 Å². The number of rotatable bonds is 8. The topological polar surface area (TPSA) is 121 Å². The molecule has 0 saturated heterocycles. The maximum Gasteiger partial charge on any atom is 0.253 e. The third-order valence-electron chi connectivity index (χ3n) is 7.45. The first-order valence-corrected chi connectivity index (χ1v) is 13.2. The second-order valence-electron chi connectivity index (χ2n) is 10.5. The minimum absolute atomic E-state index is 0.0300. The van der Waals surface area contributed by atoms with Crippen molar-refractivity contribution < 1.29 is 9.59 Å². The number of carbonyl (C=O) groups excluding carboxylic acids is 2. The first kappa shape index (κ1) is 27.2. The Morgan fingerprint density at radius 1 is 1.08 bits per heavy atom. The average Bonchev–Trinajstić information content (AvgIpc) is 3.29. The van der Waals surface area contributed by atoms with E-state index in [0.29, 0.717) is 17.0 Å². The second kappa shape index (κ2) is 11.7. The molecule has 1 aliphatic carbocycles. The molecule has 0 aliphatic heterocycles. The van der Waals surface area contributed by atoms with Crippen LogP contribution in [0.15, 0.2) is 35.4 Å². The Balaban J connectivity index is 1.53. The van der Waals surface area contributed by atoms with Gasteiger partial charge in [-0.1, -0.05) is 0 Å². The van der Waals surface area contributed by atoms with Gasteiger partial charge in [-0.05, 0) is 87.3 Å². The molecule has 38 heavy (non-hydrogen) atoms. The molecule has 0 radical (unpaired) electrons. The highest BCUT2D eigenvalue weighted by Gasteiger charge is 2.22. The molecule has 0 bridgehead atoms. The van der Waals surface area contributed by atoms with Gasteiger partial charge in [0.15, 0.2) is 0 Å². The highest BCUT2D eigenvalue weighted by molar-refractivity contribution is 5.98. The second-order valence-corrected chi connectivity index (χ2v) is 10.5. The number of aromatic amines is 1. The molecule has 1 aromatic carbocycles. The zero-order chi connectivity index (χ0) is 27.4. The van der Waals surface area contributed by atoms with Crippen LogP contribution in [0.25, 0.3) is 11.1 Å². The molecular weight excluding hydrogens is 480 g/mol. The molecule has 3 aromatic rings. The SMILES string of the molecule is CC(=O)NC1CCC(CNc2cc(-c3cnn(C)c3)cc(C(=O)NCc3c(C)cc(C)[nH]c3=O)c2C)CC1. The molecule has 4 N–H and O–H groups in total. The first-order valence-electron chi connectivity index (χ1n) is 13.2. The van der Waals surface area contributed by atoms with Gasteiger partial charge in [0.05, 0.1) is 6.20 Å². The lowest BCUT2D eigenvalue weighted by Gasteiger charge is -2.29. The predicted octanol–water partition coefficient (Wildman–Crippen LogP) is 3.74. The van der Waals surface area contributed by atoms with Gasteiger partial charge in [-0.2, -0.15) is 5.10 Å². The van der Waals surface area contributed by atoms with E-state index < -0.39 is 0 Å². The summed E-state index contributed by atoms with van der Waals surface area (Å²) in [5.74, 6) is 0.295. The normalized spacial score (nSPS) is 17.2. The van der Waals surface area contributed by atoms with E-state index in [9.17, 15) is 14.4 Å². The van der Waals surface area contributed by atoms with E-state index >= 15 is 0 Å². The summed E-state index contributed by atoms with van der Waals surface area (Å²) in [5.41, 5.74) is 6.16. The van der Waals surface area contributed by atoms with E-state index in [-0.39, 0.29) is 30.0 Å². The zero-order valence-electron chi connectivity index (χ0n) is 22.9. The largest absolute Gasteiger partial charge is 0.385 e. The Morgan fingerprint density at radius 2 is 1.82 bits per heavy atom. The first-order chi connectivity index (χ1) is 18.1. The van der Waals surface area contributed by atoms with Crippen molar-refractivity contribution in [2.45, 2.75) is 66.0 Å². The van der Waals surface area contributed by atoms with Crippen LogP contribution in [-0.2, 0) is 18.4 Å². The van der Waals surface area contributed by atoms with Crippen LogP contribution in [0.1, 0.15) is 65.3 Å². The molecule has 202 valence electrons. The van der Waals surface area contributed by atoms with Crippen LogP contribution in [0.5, 0.6) is 0 Å². The number of hydrogen-bond donors (Lipinski definition) is 4. The van der Waals surface area contributed by atoms with Gasteiger partial charge in [-0.25, -0.2) is 0 Å². The van der Waals surface area contributed by atoms with Crippen LogP contribution >= 0.6 is 0 Å². The number of amides is 2. The molecule has 1 saturated carbocycles. The highest BCUT2D eigenvalue weighted by Crippen LogP contribution is 2.30. The van der Waals surface area contributed by atoms with Gasteiger partial charge in [0.25, 0.3) is 11.5 Å². The summed E-state index contributed by atoms with van der Waals surface area (Å²) < 4.78 is 1.74. The number of H-pyrrole nitrogens is 1. The number of aryl methyl sites for hydroxylation is 3. The number of nitrogens with one attached hydrogen (secondary N) is 4. The van der Waals surface area contributed by atoms with Crippen LogP contribution in [-0.4, -0.2) is 39.2 Å². The zero-order valence-corrected chi connectivity index (χ0v) is 22.9. The van der Waals surface area contributed by atoms with Gasteiger partial charge in [0.1, 0.15) is 0 Å². The lowest BCUT2D eigenvalue weighted by molar-refractivity contribution is -0.119. The van der Waals surface area contributed by atoms with Crippen molar-refractivity contribution in [2.24, 2.45) is 13.0 Å². The molecule has 9 heteroatoms. The maximum atomic E-state index is 13.4. The molecule has 1 aliphatic rings. The molecule has 2 heterocycles. The number of aromatic nitrogens is 3. The third kappa shape index (κ3) is 6.51.